The predicted octanol–water partition coefficient (Wildman–Crippen LogP) is 1.10. The highest BCUT2D eigenvalue weighted by Crippen LogP contribution is 2.52. The van der Waals surface area contributed by atoms with Crippen molar-refractivity contribution in [3.8, 4) is 0 Å². The molecule has 2 fully saturated rings. The molecular weight excluding hydrogens is 385 g/mol. The largest absolute Gasteiger partial charge is 0.393 e. The van der Waals surface area contributed by atoms with Gasteiger partial charge in [0, 0.05) is 3.57 Å². The fourth-order valence-electron chi connectivity index (χ4n) is 3.55. The molecule has 2 bridgehead atoms. The molecular formula is C15H12INO4. The number of halogens is 1. The number of aliphatic hydroxyl groups excluding tert-OH is 1. The Labute approximate surface area is 134 Å². The van der Waals surface area contributed by atoms with E-state index in [2.05, 4.69) is 22.6 Å². The van der Waals surface area contributed by atoms with Crippen LogP contribution in [0.2, 0.25) is 0 Å². The summed E-state index contributed by atoms with van der Waals surface area (Å²) in [5, 5.41) is 9.65. The van der Waals surface area contributed by atoms with Crippen molar-refractivity contribution in [1.82, 2.24) is 0 Å². The Morgan fingerprint density at radius 1 is 1.29 bits per heavy atom. The summed E-state index contributed by atoms with van der Waals surface area (Å²) in [6.07, 6.45) is 3.09. The normalized spacial score (nSPS) is 36.7. The predicted molar refractivity (Wildman–Crippen MR) is 82.5 cm³/mol. The van der Waals surface area contributed by atoms with Gasteiger partial charge in [-0.05, 0) is 34.7 Å². The Bertz CT molecular complexity index is 688. The first-order valence-electron chi connectivity index (χ1n) is 6.69. The van der Waals surface area contributed by atoms with E-state index in [1.165, 1.54) is 4.90 Å². The number of fused-ring (bicyclic) bond motifs is 5. The average Bonchev–Trinajstić information content (AvgIpc) is 3.12. The number of imide groups is 1. The van der Waals surface area contributed by atoms with Gasteiger partial charge in [0.1, 0.15) is 5.60 Å². The molecule has 0 aromatic heterocycles. The van der Waals surface area contributed by atoms with Gasteiger partial charge in [0.25, 0.3) is 0 Å². The smallest absolute Gasteiger partial charge is 0.241 e. The van der Waals surface area contributed by atoms with E-state index < -0.39 is 23.5 Å². The van der Waals surface area contributed by atoms with E-state index in [4.69, 9.17) is 4.74 Å². The number of ether oxygens (including phenoxy) is 1. The minimum Gasteiger partial charge on any atom is -0.393 e. The quantitative estimate of drug-likeness (QED) is 0.461. The monoisotopic (exact) mass is 397 g/mol. The topological polar surface area (TPSA) is 66.8 Å². The first-order chi connectivity index (χ1) is 10.1. The molecule has 2 saturated heterocycles. The molecule has 1 N–H and O–H groups in total. The van der Waals surface area contributed by atoms with E-state index in [0.717, 1.165) is 3.57 Å². The average molecular weight is 397 g/mol. The number of benzene rings is 1. The van der Waals surface area contributed by atoms with Gasteiger partial charge < -0.3 is 9.84 Å². The minimum atomic E-state index is -1.03. The SMILES string of the molecule is O=C1[C@H]2[C@@H]3C=C[C@@](CO)(O3)[C@@H]2C(=O)N1c1ccccc1I. The zero-order valence-corrected chi connectivity index (χ0v) is 13.1. The molecule has 5 nitrogen and oxygen atoms in total. The van der Waals surface area contributed by atoms with E-state index in [-0.39, 0.29) is 18.4 Å². The van der Waals surface area contributed by atoms with E-state index in [1.807, 2.05) is 12.1 Å². The summed E-state index contributed by atoms with van der Waals surface area (Å²) in [5.74, 6) is -1.67. The van der Waals surface area contributed by atoms with E-state index in [0.29, 0.717) is 5.69 Å². The lowest BCUT2D eigenvalue weighted by atomic mass is 9.77. The third-order valence-corrected chi connectivity index (χ3v) is 5.41. The second kappa shape index (κ2) is 4.37. The molecule has 21 heavy (non-hydrogen) atoms. The van der Waals surface area contributed by atoms with Gasteiger partial charge in [-0.1, -0.05) is 24.3 Å². The Morgan fingerprint density at radius 3 is 2.76 bits per heavy atom. The molecule has 3 aliphatic heterocycles. The summed E-state index contributed by atoms with van der Waals surface area (Å²) >= 11 is 2.11. The van der Waals surface area contributed by atoms with Crippen molar-refractivity contribution >= 4 is 40.1 Å². The van der Waals surface area contributed by atoms with Gasteiger partial charge in [0.05, 0.1) is 30.2 Å². The Morgan fingerprint density at radius 2 is 2.05 bits per heavy atom. The highest BCUT2D eigenvalue weighted by Gasteiger charge is 2.67. The van der Waals surface area contributed by atoms with Crippen molar-refractivity contribution in [2.24, 2.45) is 11.8 Å². The molecule has 108 valence electrons. The van der Waals surface area contributed by atoms with Crippen LogP contribution in [0, 0.1) is 15.4 Å². The number of hydrogen-bond donors (Lipinski definition) is 1. The van der Waals surface area contributed by atoms with Crippen LogP contribution >= 0.6 is 22.6 Å². The lowest BCUT2D eigenvalue weighted by Gasteiger charge is -2.26. The summed E-state index contributed by atoms with van der Waals surface area (Å²) in [6, 6.07) is 7.29. The molecule has 0 spiro atoms. The molecule has 0 unspecified atom stereocenters. The number of nitrogens with zero attached hydrogens (tertiary/aromatic N) is 1. The maximum Gasteiger partial charge on any atom is 0.241 e. The molecule has 2 amide bonds. The molecule has 1 aromatic rings. The molecule has 3 heterocycles. The lowest BCUT2D eigenvalue weighted by molar-refractivity contribution is -0.128. The van der Waals surface area contributed by atoms with Crippen LogP contribution in [0.25, 0.3) is 0 Å². The van der Waals surface area contributed by atoms with Crippen molar-refractivity contribution in [2.75, 3.05) is 11.5 Å². The first kappa shape index (κ1) is 13.4. The number of anilines is 1. The summed E-state index contributed by atoms with van der Waals surface area (Å²) in [5.41, 5.74) is -0.424. The molecule has 1 aromatic carbocycles. The van der Waals surface area contributed by atoms with Crippen molar-refractivity contribution in [3.63, 3.8) is 0 Å². The Balaban J connectivity index is 1.81. The summed E-state index contributed by atoms with van der Waals surface area (Å²) < 4.78 is 6.54. The van der Waals surface area contributed by atoms with Gasteiger partial charge >= 0.3 is 0 Å². The van der Waals surface area contributed by atoms with Gasteiger partial charge in [0.15, 0.2) is 0 Å². The van der Waals surface area contributed by atoms with Crippen LogP contribution in [0.3, 0.4) is 0 Å². The molecule has 4 atom stereocenters. The first-order valence-corrected chi connectivity index (χ1v) is 7.77. The maximum atomic E-state index is 12.8. The fraction of sp³-hybridized carbons (Fsp3) is 0.333. The number of carbonyl (C=O) groups is 2. The molecule has 0 radical (unpaired) electrons. The molecule has 3 aliphatic rings. The summed E-state index contributed by atoms with van der Waals surface area (Å²) in [6.45, 7) is -0.292. The fourth-order valence-corrected chi connectivity index (χ4v) is 4.18. The van der Waals surface area contributed by atoms with Gasteiger partial charge in [-0.15, -0.1) is 0 Å². The number of rotatable bonds is 2. The van der Waals surface area contributed by atoms with Crippen LogP contribution in [0.1, 0.15) is 0 Å². The number of aliphatic hydroxyl groups is 1. The molecule has 0 aliphatic carbocycles. The van der Waals surface area contributed by atoms with E-state index in [1.54, 1.807) is 24.3 Å². The zero-order valence-electron chi connectivity index (χ0n) is 10.9. The number of para-hydroxylation sites is 1. The van der Waals surface area contributed by atoms with Crippen molar-refractivity contribution in [1.29, 1.82) is 0 Å². The summed E-state index contributed by atoms with van der Waals surface area (Å²) in [4.78, 5) is 26.7. The Kier molecular flexibility index (Phi) is 2.79. The van der Waals surface area contributed by atoms with Crippen LogP contribution < -0.4 is 4.90 Å². The summed E-state index contributed by atoms with van der Waals surface area (Å²) in [7, 11) is 0. The number of amides is 2. The minimum absolute atomic E-state index is 0.237. The van der Waals surface area contributed by atoms with Crippen molar-refractivity contribution in [2.45, 2.75) is 11.7 Å². The van der Waals surface area contributed by atoms with Gasteiger partial charge in [0.2, 0.25) is 11.8 Å². The molecule has 0 saturated carbocycles. The third kappa shape index (κ3) is 1.58. The highest BCUT2D eigenvalue weighted by atomic mass is 127. The molecule has 6 heteroatoms. The van der Waals surface area contributed by atoms with Crippen LogP contribution in [0.4, 0.5) is 5.69 Å². The Hall–Kier alpha value is -1.25. The highest BCUT2D eigenvalue weighted by molar-refractivity contribution is 14.1. The van der Waals surface area contributed by atoms with Crippen LogP contribution in [-0.2, 0) is 14.3 Å². The standard InChI is InChI=1S/C15H12INO4/c16-8-3-1-2-4-9(8)17-13(19)11-10-5-6-15(7-18,21-10)12(11)14(17)20/h1-6,10-12,18H,7H2/t10-,11-,12-,15-/m0/s1. The second-order valence-corrected chi connectivity index (χ2v) is 6.68. The van der Waals surface area contributed by atoms with Crippen LogP contribution in [0.5, 0.6) is 0 Å². The second-order valence-electron chi connectivity index (χ2n) is 5.52. The van der Waals surface area contributed by atoms with Crippen molar-refractivity contribution < 1.29 is 19.4 Å². The number of carbonyl (C=O) groups excluding carboxylic acids is 2. The van der Waals surface area contributed by atoms with Gasteiger partial charge in [-0.25, -0.2) is 4.90 Å². The van der Waals surface area contributed by atoms with E-state index in [9.17, 15) is 14.7 Å². The van der Waals surface area contributed by atoms with Gasteiger partial charge in [-0.3, -0.25) is 9.59 Å². The zero-order chi connectivity index (χ0) is 14.8. The maximum absolute atomic E-state index is 12.8. The van der Waals surface area contributed by atoms with Crippen LogP contribution in [-0.4, -0.2) is 35.2 Å². The molecule has 4 rings (SSSR count). The van der Waals surface area contributed by atoms with Crippen LogP contribution in [0.15, 0.2) is 36.4 Å². The number of hydrogen-bond acceptors (Lipinski definition) is 4. The van der Waals surface area contributed by atoms with Crippen molar-refractivity contribution in [3.05, 3.63) is 40.0 Å². The van der Waals surface area contributed by atoms with E-state index >= 15 is 0 Å². The van der Waals surface area contributed by atoms with Gasteiger partial charge in [-0.2, -0.15) is 0 Å². The lowest BCUT2D eigenvalue weighted by Crippen LogP contribution is -2.43. The third-order valence-electron chi connectivity index (χ3n) is 4.50.